The second-order valence-electron chi connectivity index (χ2n) is 6.25. The summed E-state index contributed by atoms with van der Waals surface area (Å²) in [7, 11) is -3.53. The van der Waals surface area contributed by atoms with Crippen LogP contribution in [0.5, 0.6) is 11.5 Å². The lowest BCUT2D eigenvalue weighted by atomic mass is 10.0. The fourth-order valence-corrected chi connectivity index (χ4v) is 4.17. The van der Waals surface area contributed by atoms with E-state index >= 15 is 0 Å². The van der Waals surface area contributed by atoms with Crippen molar-refractivity contribution in [2.75, 3.05) is 19.5 Å². The van der Waals surface area contributed by atoms with Gasteiger partial charge in [0.1, 0.15) is 13.2 Å². The van der Waals surface area contributed by atoms with Gasteiger partial charge in [0.15, 0.2) is 21.3 Å². The van der Waals surface area contributed by atoms with E-state index < -0.39 is 9.84 Å². The normalized spacial score (nSPS) is 14.5. The second-order valence-corrected chi connectivity index (χ2v) is 8.65. The van der Waals surface area contributed by atoms with Gasteiger partial charge in [0.25, 0.3) is 5.91 Å². The molecule has 1 heterocycles. The quantitative estimate of drug-likeness (QED) is 0.818. The first-order valence-electron chi connectivity index (χ1n) is 8.49. The highest BCUT2D eigenvalue weighted by Gasteiger charge is 2.20. The zero-order valence-electron chi connectivity index (χ0n) is 15.0. The van der Waals surface area contributed by atoms with Gasteiger partial charge in [-0.05, 0) is 42.3 Å². The van der Waals surface area contributed by atoms with E-state index in [1.165, 1.54) is 18.2 Å². The summed E-state index contributed by atoms with van der Waals surface area (Å²) in [5, 5.41) is 3.02. The SMILES string of the molecule is CC[C@H](NC(=O)c1ccc(Cl)c(S(C)(=O)=O)c1)c1ccc2c(c1)OCCO2. The molecule has 1 amide bonds. The van der Waals surface area contributed by atoms with Crippen LogP contribution in [-0.4, -0.2) is 33.8 Å². The Labute approximate surface area is 163 Å². The summed E-state index contributed by atoms with van der Waals surface area (Å²) in [6.45, 7) is 2.95. The average molecular weight is 410 g/mol. The minimum absolute atomic E-state index is 0.0656. The smallest absolute Gasteiger partial charge is 0.251 e. The van der Waals surface area contributed by atoms with Crippen molar-refractivity contribution < 1.29 is 22.7 Å². The number of sulfone groups is 1. The number of benzene rings is 2. The Morgan fingerprint density at radius 1 is 1.15 bits per heavy atom. The topological polar surface area (TPSA) is 81.7 Å². The van der Waals surface area contributed by atoms with E-state index in [1.807, 2.05) is 25.1 Å². The monoisotopic (exact) mass is 409 g/mol. The number of carbonyl (C=O) groups excluding carboxylic acids is 1. The fourth-order valence-electron chi connectivity index (χ4n) is 2.87. The van der Waals surface area contributed by atoms with E-state index in [1.54, 1.807) is 0 Å². The number of carbonyl (C=O) groups is 1. The van der Waals surface area contributed by atoms with Gasteiger partial charge in [-0.2, -0.15) is 0 Å². The summed E-state index contributed by atoms with van der Waals surface area (Å²) < 4.78 is 34.8. The maximum Gasteiger partial charge on any atom is 0.251 e. The molecule has 0 unspecified atom stereocenters. The van der Waals surface area contributed by atoms with Crippen LogP contribution in [0.4, 0.5) is 0 Å². The van der Waals surface area contributed by atoms with Crippen LogP contribution in [0.25, 0.3) is 0 Å². The number of halogens is 1. The molecule has 1 N–H and O–H groups in total. The lowest BCUT2D eigenvalue weighted by Crippen LogP contribution is -2.28. The van der Waals surface area contributed by atoms with E-state index in [0.29, 0.717) is 31.1 Å². The highest BCUT2D eigenvalue weighted by Crippen LogP contribution is 2.33. The van der Waals surface area contributed by atoms with Crippen molar-refractivity contribution in [3.63, 3.8) is 0 Å². The maximum absolute atomic E-state index is 12.7. The van der Waals surface area contributed by atoms with Crippen molar-refractivity contribution >= 4 is 27.3 Å². The maximum atomic E-state index is 12.7. The van der Waals surface area contributed by atoms with Gasteiger partial charge in [-0.25, -0.2) is 8.42 Å². The third-order valence-corrected chi connectivity index (χ3v) is 5.85. The van der Waals surface area contributed by atoms with Crippen LogP contribution in [-0.2, 0) is 9.84 Å². The van der Waals surface area contributed by atoms with Gasteiger partial charge in [-0.3, -0.25) is 4.79 Å². The summed E-state index contributed by atoms with van der Waals surface area (Å²) in [5.74, 6) is 0.956. The first kappa shape index (κ1) is 19.5. The zero-order chi connectivity index (χ0) is 19.6. The summed E-state index contributed by atoms with van der Waals surface area (Å²) >= 11 is 5.95. The third-order valence-electron chi connectivity index (χ3n) is 4.28. The molecule has 0 radical (unpaired) electrons. The largest absolute Gasteiger partial charge is 0.486 e. The fraction of sp³-hybridized carbons (Fsp3) is 0.316. The van der Waals surface area contributed by atoms with E-state index in [2.05, 4.69) is 5.32 Å². The number of rotatable bonds is 5. The molecule has 0 saturated carbocycles. The van der Waals surface area contributed by atoms with Crippen LogP contribution in [0, 0.1) is 0 Å². The van der Waals surface area contributed by atoms with E-state index in [4.69, 9.17) is 21.1 Å². The molecule has 2 aromatic rings. The molecule has 3 rings (SSSR count). The van der Waals surface area contributed by atoms with Crippen molar-refractivity contribution in [1.29, 1.82) is 0 Å². The predicted molar refractivity (Wildman–Crippen MR) is 102 cm³/mol. The molecule has 27 heavy (non-hydrogen) atoms. The van der Waals surface area contributed by atoms with Crippen LogP contribution in [0.15, 0.2) is 41.3 Å². The first-order chi connectivity index (χ1) is 12.8. The third kappa shape index (κ3) is 4.36. The second kappa shape index (κ2) is 7.78. The molecule has 144 valence electrons. The molecular formula is C19H20ClNO5S. The Balaban J connectivity index is 1.84. The molecule has 8 heteroatoms. The molecule has 2 aromatic carbocycles. The lowest BCUT2D eigenvalue weighted by molar-refractivity contribution is 0.0935. The molecule has 0 saturated heterocycles. The Morgan fingerprint density at radius 3 is 2.52 bits per heavy atom. The van der Waals surface area contributed by atoms with Crippen molar-refractivity contribution in [1.82, 2.24) is 5.32 Å². The van der Waals surface area contributed by atoms with Gasteiger partial charge >= 0.3 is 0 Å². The summed E-state index contributed by atoms with van der Waals surface area (Å²) in [6.07, 6.45) is 1.71. The standard InChI is InChI=1S/C19H20ClNO5S/c1-3-15(12-5-7-16-17(10-12)26-9-8-25-16)21-19(22)13-4-6-14(20)18(11-13)27(2,23)24/h4-7,10-11,15H,3,8-9H2,1-2H3,(H,21,22)/t15-/m0/s1. The van der Waals surface area contributed by atoms with Crippen LogP contribution in [0.3, 0.4) is 0 Å². The Morgan fingerprint density at radius 2 is 1.85 bits per heavy atom. The van der Waals surface area contributed by atoms with Gasteiger partial charge in [0, 0.05) is 11.8 Å². The molecule has 1 aliphatic heterocycles. The minimum Gasteiger partial charge on any atom is -0.486 e. The van der Waals surface area contributed by atoms with Gasteiger partial charge in [-0.1, -0.05) is 24.6 Å². The zero-order valence-corrected chi connectivity index (χ0v) is 16.6. The minimum atomic E-state index is -3.53. The van der Waals surface area contributed by atoms with Gasteiger partial charge in [0.05, 0.1) is 16.0 Å². The van der Waals surface area contributed by atoms with E-state index in [-0.39, 0.29) is 27.4 Å². The Kier molecular flexibility index (Phi) is 5.62. The molecule has 0 spiro atoms. The number of amides is 1. The molecule has 6 nitrogen and oxygen atoms in total. The number of hydrogen-bond donors (Lipinski definition) is 1. The molecular weight excluding hydrogens is 390 g/mol. The predicted octanol–water partition coefficient (Wildman–Crippen LogP) is 3.40. The van der Waals surface area contributed by atoms with Gasteiger partial charge < -0.3 is 14.8 Å². The highest BCUT2D eigenvalue weighted by atomic mass is 35.5. The van der Waals surface area contributed by atoms with Crippen molar-refractivity contribution in [2.45, 2.75) is 24.3 Å². The van der Waals surface area contributed by atoms with Crippen LogP contribution < -0.4 is 14.8 Å². The van der Waals surface area contributed by atoms with Gasteiger partial charge in [0.2, 0.25) is 0 Å². The molecule has 1 aliphatic rings. The Bertz CT molecular complexity index is 974. The summed E-state index contributed by atoms with van der Waals surface area (Å²) in [4.78, 5) is 12.6. The van der Waals surface area contributed by atoms with Crippen LogP contribution in [0.2, 0.25) is 5.02 Å². The van der Waals surface area contributed by atoms with Crippen LogP contribution >= 0.6 is 11.6 Å². The highest BCUT2D eigenvalue weighted by molar-refractivity contribution is 7.90. The molecule has 0 aliphatic carbocycles. The van der Waals surface area contributed by atoms with E-state index in [9.17, 15) is 13.2 Å². The Hall–Kier alpha value is -2.25. The van der Waals surface area contributed by atoms with E-state index in [0.717, 1.165) is 11.8 Å². The van der Waals surface area contributed by atoms with Crippen molar-refractivity contribution in [2.24, 2.45) is 0 Å². The summed E-state index contributed by atoms with van der Waals surface area (Å²) in [6, 6.07) is 9.51. The molecule has 0 bridgehead atoms. The first-order valence-corrected chi connectivity index (χ1v) is 10.8. The van der Waals surface area contributed by atoms with Crippen molar-refractivity contribution in [3.8, 4) is 11.5 Å². The number of hydrogen-bond acceptors (Lipinski definition) is 5. The van der Waals surface area contributed by atoms with Crippen LogP contribution in [0.1, 0.15) is 35.3 Å². The number of ether oxygens (including phenoxy) is 2. The summed E-state index contributed by atoms with van der Waals surface area (Å²) in [5.41, 5.74) is 1.11. The van der Waals surface area contributed by atoms with Crippen molar-refractivity contribution in [3.05, 3.63) is 52.5 Å². The molecule has 1 atom stereocenters. The number of fused-ring (bicyclic) bond motifs is 1. The lowest BCUT2D eigenvalue weighted by Gasteiger charge is -2.22. The average Bonchev–Trinajstić information content (AvgIpc) is 2.65. The molecule has 0 fully saturated rings. The molecule has 0 aromatic heterocycles. The number of nitrogens with one attached hydrogen (secondary N) is 1. The van der Waals surface area contributed by atoms with Gasteiger partial charge in [-0.15, -0.1) is 0 Å².